The lowest BCUT2D eigenvalue weighted by atomic mass is 10.2. The molecule has 5 heteroatoms. The summed E-state index contributed by atoms with van der Waals surface area (Å²) in [6.45, 7) is 2.61. The molecule has 1 saturated heterocycles. The molecule has 1 aliphatic heterocycles. The van der Waals surface area contributed by atoms with Gasteiger partial charge in [-0.05, 0) is 37.1 Å². The van der Waals surface area contributed by atoms with Crippen molar-refractivity contribution in [3.63, 3.8) is 0 Å². The lowest BCUT2D eigenvalue weighted by Gasteiger charge is -2.11. The maximum atomic E-state index is 5.56. The highest BCUT2D eigenvalue weighted by Crippen LogP contribution is 2.13. The second-order valence-electron chi connectivity index (χ2n) is 4.45. The Kier molecular flexibility index (Phi) is 5.57. The van der Waals surface area contributed by atoms with Crippen LogP contribution in [0.3, 0.4) is 0 Å². The number of thiocarbonyl (C=S) groups is 1. The summed E-state index contributed by atoms with van der Waals surface area (Å²) >= 11 is 4.88. The Morgan fingerprint density at radius 1 is 1.32 bits per heavy atom. The average Bonchev–Trinajstić information content (AvgIpc) is 2.92. The lowest BCUT2D eigenvalue weighted by molar-refractivity contribution is 0.00853. The molecule has 19 heavy (non-hydrogen) atoms. The van der Waals surface area contributed by atoms with Gasteiger partial charge in [-0.1, -0.05) is 12.2 Å². The summed E-state index contributed by atoms with van der Waals surface area (Å²) in [6.07, 6.45) is 2.51. The van der Waals surface area contributed by atoms with Gasteiger partial charge in [-0.15, -0.1) is 0 Å². The third-order valence-corrected chi connectivity index (χ3v) is 3.20. The van der Waals surface area contributed by atoms with Crippen LogP contribution in [0.1, 0.15) is 18.4 Å². The molecular weight excluding hydrogens is 262 g/mol. The SMILES string of the molecule is NC(=S)c1ccc(OCCOCC2CCCO2)cc1. The molecule has 0 saturated carbocycles. The Balaban J connectivity index is 1.61. The van der Waals surface area contributed by atoms with Gasteiger partial charge >= 0.3 is 0 Å². The van der Waals surface area contributed by atoms with Gasteiger partial charge in [0.15, 0.2) is 0 Å². The molecule has 0 aliphatic carbocycles. The monoisotopic (exact) mass is 281 g/mol. The largest absolute Gasteiger partial charge is 0.491 e. The van der Waals surface area contributed by atoms with E-state index in [4.69, 9.17) is 32.2 Å². The fourth-order valence-electron chi connectivity index (χ4n) is 1.92. The first-order chi connectivity index (χ1) is 9.25. The van der Waals surface area contributed by atoms with Gasteiger partial charge in [0.1, 0.15) is 17.3 Å². The highest BCUT2D eigenvalue weighted by Gasteiger charge is 2.14. The quantitative estimate of drug-likeness (QED) is 0.611. The van der Waals surface area contributed by atoms with E-state index in [9.17, 15) is 0 Å². The summed E-state index contributed by atoms with van der Waals surface area (Å²) in [5.74, 6) is 0.792. The van der Waals surface area contributed by atoms with E-state index in [2.05, 4.69) is 0 Å². The van der Waals surface area contributed by atoms with Crippen molar-refractivity contribution in [2.45, 2.75) is 18.9 Å². The summed E-state index contributed by atoms with van der Waals surface area (Å²) < 4.78 is 16.5. The van der Waals surface area contributed by atoms with Gasteiger partial charge in [-0.3, -0.25) is 0 Å². The van der Waals surface area contributed by atoms with Gasteiger partial charge in [0, 0.05) is 12.2 Å². The molecule has 104 valence electrons. The van der Waals surface area contributed by atoms with E-state index < -0.39 is 0 Å². The molecule has 0 amide bonds. The van der Waals surface area contributed by atoms with Crippen LogP contribution >= 0.6 is 12.2 Å². The van der Waals surface area contributed by atoms with Crippen molar-refractivity contribution in [3.05, 3.63) is 29.8 Å². The van der Waals surface area contributed by atoms with Crippen molar-refractivity contribution in [3.8, 4) is 5.75 Å². The van der Waals surface area contributed by atoms with Crippen molar-refractivity contribution in [2.24, 2.45) is 5.73 Å². The Hall–Kier alpha value is -1.17. The van der Waals surface area contributed by atoms with Crippen LogP contribution in [0.25, 0.3) is 0 Å². The Bertz CT molecular complexity index is 402. The Labute approximate surface area is 118 Å². The van der Waals surface area contributed by atoms with Crippen LogP contribution in [0.15, 0.2) is 24.3 Å². The van der Waals surface area contributed by atoms with Gasteiger partial charge in [0.2, 0.25) is 0 Å². The zero-order valence-electron chi connectivity index (χ0n) is 10.8. The van der Waals surface area contributed by atoms with Crippen molar-refractivity contribution in [2.75, 3.05) is 26.4 Å². The van der Waals surface area contributed by atoms with E-state index in [-0.39, 0.29) is 6.10 Å². The van der Waals surface area contributed by atoms with Crippen LogP contribution in [0, 0.1) is 0 Å². The normalized spacial score (nSPS) is 18.4. The van der Waals surface area contributed by atoms with Crippen LogP contribution in [0.2, 0.25) is 0 Å². The lowest BCUT2D eigenvalue weighted by Crippen LogP contribution is -2.17. The van der Waals surface area contributed by atoms with Crippen molar-refractivity contribution in [1.82, 2.24) is 0 Å². The third-order valence-electron chi connectivity index (χ3n) is 2.96. The van der Waals surface area contributed by atoms with Crippen molar-refractivity contribution in [1.29, 1.82) is 0 Å². The number of ether oxygens (including phenoxy) is 3. The first-order valence-electron chi connectivity index (χ1n) is 6.48. The standard InChI is InChI=1S/C14H19NO3S/c15-14(19)11-3-5-12(6-4-11)18-9-8-16-10-13-2-1-7-17-13/h3-6,13H,1-2,7-10H2,(H2,15,19). The van der Waals surface area contributed by atoms with Gasteiger partial charge < -0.3 is 19.9 Å². The molecule has 1 unspecified atom stereocenters. The van der Waals surface area contributed by atoms with E-state index in [1.165, 1.54) is 0 Å². The molecule has 1 heterocycles. The topological polar surface area (TPSA) is 53.7 Å². The Morgan fingerprint density at radius 3 is 2.74 bits per heavy atom. The van der Waals surface area contributed by atoms with Gasteiger partial charge in [-0.25, -0.2) is 0 Å². The zero-order valence-corrected chi connectivity index (χ0v) is 11.7. The first-order valence-corrected chi connectivity index (χ1v) is 6.88. The second kappa shape index (κ2) is 7.43. The molecular formula is C14H19NO3S. The molecule has 1 aromatic carbocycles. The number of nitrogens with two attached hydrogens (primary N) is 1. The van der Waals surface area contributed by atoms with Crippen LogP contribution in [-0.2, 0) is 9.47 Å². The predicted molar refractivity (Wildman–Crippen MR) is 77.6 cm³/mol. The highest BCUT2D eigenvalue weighted by atomic mass is 32.1. The van der Waals surface area contributed by atoms with Crippen LogP contribution in [0.5, 0.6) is 5.75 Å². The molecule has 0 bridgehead atoms. The fourth-order valence-corrected chi connectivity index (χ4v) is 2.06. The van der Waals surface area contributed by atoms with Crippen molar-refractivity contribution >= 4 is 17.2 Å². The molecule has 2 rings (SSSR count). The molecule has 1 aliphatic rings. The summed E-state index contributed by atoms with van der Waals surface area (Å²) in [4.78, 5) is 0.395. The van der Waals surface area contributed by atoms with Crippen LogP contribution in [-0.4, -0.2) is 37.5 Å². The maximum Gasteiger partial charge on any atom is 0.119 e. The Morgan fingerprint density at radius 2 is 2.11 bits per heavy atom. The predicted octanol–water partition coefficient (Wildman–Crippen LogP) is 1.90. The minimum absolute atomic E-state index is 0.268. The number of benzene rings is 1. The molecule has 1 fully saturated rings. The van der Waals surface area contributed by atoms with E-state index >= 15 is 0 Å². The highest BCUT2D eigenvalue weighted by molar-refractivity contribution is 7.80. The number of rotatable bonds is 7. The molecule has 1 aromatic rings. The van der Waals surface area contributed by atoms with Gasteiger partial charge in [0.25, 0.3) is 0 Å². The van der Waals surface area contributed by atoms with Crippen LogP contribution < -0.4 is 10.5 Å². The molecule has 0 radical (unpaired) electrons. The van der Waals surface area contributed by atoms with E-state index in [1.807, 2.05) is 24.3 Å². The summed E-state index contributed by atoms with van der Waals surface area (Å²) in [5, 5.41) is 0. The number of hydrogen-bond acceptors (Lipinski definition) is 4. The maximum absolute atomic E-state index is 5.56. The van der Waals surface area contributed by atoms with Crippen LogP contribution in [0.4, 0.5) is 0 Å². The second-order valence-corrected chi connectivity index (χ2v) is 4.89. The molecule has 0 spiro atoms. The minimum atomic E-state index is 0.268. The first kappa shape index (κ1) is 14.2. The molecule has 4 nitrogen and oxygen atoms in total. The summed E-state index contributed by atoms with van der Waals surface area (Å²) in [5.41, 5.74) is 6.37. The average molecular weight is 281 g/mol. The van der Waals surface area contributed by atoms with Gasteiger partial charge in [-0.2, -0.15) is 0 Å². The molecule has 1 atom stereocenters. The zero-order chi connectivity index (χ0) is 13.5. The van der Waals surface area contributed by atoms with Crippen molar-refractivity contribution < 1.29 is 14.2 Å². The molecule has 0 aromatic heterocycles. The smallest absolute Gasteiger partial charge is 0.119 e. The summed E-state index contributed by atoms with van der Waals surface area (Å²) in [6, 6.07) is 7.42. The summed E-state index contributed by atoms with van der Waals surface area (Å²) in [7, 11) is 0. The third kappa shape index (κ3) is 4.78. The minimum Gasteiger partial charge on any atom is -0.491 e. The fraction of sp³-hybridized carbons (Fsp3) is 0.500. The van der Waals surface area contributed by atoms with E-state index in [1.54, 1.807) is 0 Å². The van der Waals surface area contributed by atoms with Gasteiger partial charge in [0.05, 0.1) is 19.3 Å². The van der Waals surface area contributed by atoms with E-state index in [0.29, 0.717) is 24.8 Å². The van der Waals surface area contributed by atoms with E-state index in [0.717, 1.165) is 30.8 Å². The number of hydrogen-bond donors (Lipinski definition) is 1. The molecule has 2 N–H and O–H groups in total.